The number of carboxylic acids is 1. The summed E-state index contributed by atoms with van der Waals surface area (Å²) in [6, 6.07) is -0.219. The molecular weight excluding hydrogens is 906 g/mol. The molecule has 58 heavy (non-hydrogen) atoms. The number of piperidine rings is 2. The molecule has 0 aromatic carbocycles. The van der Waals surface area contributed by atoms with E-state index in [2.05, 4.69) is 67.7 Å². The Balaban J connectivity index is 0.000000218. The van der Waals surface area contributed by atoms with E-state index in [1.807, 2.05) is 21.2 Å². The predicted octanol–water partition coefficient (Wildman–Crippen LogP) is 4.42. The summed E-state index contributed by atoms with van der Waals surface area (Å²) in [6.07, 6.45) is 13.8. The quantitative estimate of drug-likeness (QED) is 0.120. The molecule has 13 nitrogen and oxygen atoms in total. The molecule has 3 saturated carbocycles. The van der Waals surface area contributed by atoms with Crippen LogP contribution in [-0.4, -0.2) is 155 Å². The highest BCUT2D eigenvalue weighted by atomic mass is 127. The van der Waals surface area contributed by atoms with Gasteiger partial charge in [0.05, 0.1) is 25.4 Å². The van der Waals surface area contributed by atoms with Crippen molar-refractivity contribution in [3.05, 3.63) is 12.2 Å². The summed E-state index contributed by atoms with van der Waals surface area (Å²) in [4.78, 5) is 71.2. The van der Waals surface area contributed by atoms with Crippen LogP contribution in [0.2, 0.25) is 36.3 Å². The Morgan fingerprint density at radius 1 is 0.931 bits per heavy atom. The van der Waals surface area contributed by atoms with Crippen molar-refractivity contribution in [3.63, 3.8) is 0 Å². The number of rotatable bonds is 13. The van der Waals surface area contributed by atoms with Gasteiger partial charge in [0.1, 0.15) is 18.4 Å². The first-order valence-corrected chi connectivity index (χ1v) is 31.6. The van der Waals surface area contributed by atoms with Crippen LogP contribution in [0.25, 0.3) is 0 Å². The molecule has 3 radical (unpaired) electrons. The Bertz CT molecular complexity index is 1650. The lowest BCUT2D eigenvalue weighted by Gasteiger charge is -2.38. The third kappa shape index (κ3) is 12.8. The molecule has 5 unspecified atom stereocenters. The van der Waals surface area contributed by atoms with Gasteiger partial charge in [0.15, 0.2) is 16.6 Å². The van der Waals surface area contributed by atoms with Gasteiger partial charge in [-0.1, -0.05) is 60.3 Å². The van der Waals surface area contributed by atoms with Gasteiger partial charge in [-0.2, -0.15) is 0 Å². The second-order valence-electron chi connectivity index (χ2n) is 20.4. The van der Waals surface area contributed by atoms with E-state index in [4.69, 9.17) is 8.85 Å². The summed E-state index contributed by atoms with van der Waals surface area (Å²) >= 11 is 1.96. The van der Waals surface area contributed by atoms with Crippen LogP contribution in [0.4, 0.5) is 0 Å². The van der Waals surface area contributed by atoms with E-state index in [0.717, 1.165) is 25.7 Å². The second kappa shape index (κ2) is 18.5. The predicted molar refractivity (Wildman–Crippen MR) is 247 cm³/mol. The van der Waals surface area contributed by atoms with Gasteiger partial charge in [-0.25, -0.2) is 0 Å². The van der Waals surface area contributed by atoms with Crippen molar-refractivity contribution in [1.29, 1.82) is 0 Å². The van der Waals surface area contributed by atoms with E-state index in [9.17, 15) is 38.1 Å². The Kier molecular flexibility index (Phi) is 16.2. The maximum absolute atomic E-state index is 12.0. The summed E-state index contributed by atoms with van der Waals surface area (Å²) < 4.78 is 23.0. The molecular formula is C38H66B3IN3O10SSi2. The van der Waals surface area contributed by atoms with Gasteiger partial charge >= 0.3 is 20.8 Å². The topological polar surface area (TPSA) is 168 Å². The second-order valence-corrected chi connectivity index (χ2v) is 43.5. The Morgan fingerprint density at radius 3 is 1.91 bits per heavy atom. The van der Waals surface area contributed by atoms with Crippen LogP contribution < -0.4 is 0 Å². The highest BCUT2D eigenvalue weighted by Crippen LogP contribution is 2.70. The van der Waals surface area contributed by atoms with Crippen LogP contribution in [0.3, 0.4) is 0 Å². The average Bonchev–Trinajstić information content (AvgIpc) is 3.83. The molecule has 3 aliphatic heterocycles. The van der Waals surface area contributed by atoms with Gasteiger partial charge in [0.25, 0.3) is 7.41 Å². The third-order valence-electron chi connectivity index (χ3n) is 13.1. The highest BCUT2D eigenvalue weighted by molar-refractivity contribution is 14.2. The molecule has 1 spiro atoms. The van der Waals surface area contributed by atoms with Crippen molar-refractivity contribution in [2.24, 2.45) is 23.2 Å². The minimum absolute atomic E-state index is 0.0665. The van der Waals surface area contributed by atoms with Crippen molar-refractivity contribution in [1.82, 2.24) is 14.4 Å². The molecule has 323 valence electrons. The highest BCUT2D eigenvalue weighted by Gasteiger charge is 2.72. The molecule has 2 saturated heterocycles. The van der Waals surface area contributed by atoms with E-state index >= 15 is 0 Å². The molecule has 20 heteroatoms. The lowest BCUT2D eigenvalue weighted by molar-refractivity contribution is -0.141. The minimum atomic E-state index is -2.13. The molecule has 0 bridgehead atoms. The number of fused-ring (bicyclic) bond motifs is 1. The van der Waals surface area contributed by atoms with Crippen molar-refractivity contribution in [2.45, 2.75) is 134 Å². The van der Waals surface area contributed by atoms with Gasteiger partial charge in [-0.05, 0) is 104 Å². The van der Waals surface area contributed by atoms with Gasteiger partial charge in [-0.15, -0.1) is 0 Å². The van der Waals surface area contributed by atoms with E-state index < -0.39 is 34.9 Å². The minimum Gasteiger partial charge on any atom is -0.480 e. The largest absolute Gasteiger partial charge is 0.480 e. The van der Waals surface area contributed by atoms with Crippen molar-refractivity contribution in [2.75, 3.05) is 32.0 Å². The van der Waals surface area contributed by atoms with Crippen LogP contribution in [-0.2, 0) is 43.9 Å². The SMILES string of the molecule is CC(C)(C)[Si](C)(C)OC[C@@H]1C2CC2C(=O)N1[B]C=O.CC(C)(C)[Si](C)(C)OC[C@@H]1C=CC(=O)N1[B]C=O.CS(C)(C)(=O)I.O=C[B]N1C2CCCC23CC3[C@H]1C(=O)O. The van der Waals surface area contributed by atoms with E-state index in [1.54, 1.807) is 34.5 Å². The smallest absolute Gasteiger partial charge is 0.332 e. The van der Waals surface area contributed by atoms with E-state index in [0.29, 0.717) is 49.6 Å². The van der Waals surface area contributed by atoms with E-state index in [1.165, 1.54) is 39.6 Å². The van der Waals surface area contributed by atoms with Gasteiger partial charge in [-0.3, -0.25) is 18.6 Å². The molecule has 3 aliphatic carbocycles. The standard InChI is InChI=1S/C13H23BNO3Si.C12H21BNO3Si.C10H13BNO3.C3H9IOS/c1-13(2,3)19(4,5)18-7-11-9-6-10(9)12(17)15(11)14-8-16;1-12(2,3)18(4,5)17-8-10-6-7-11(16)14(10)13-9-15;13-5-11-12-7-2-1-3-10(7)4-6(10)8(12)9(14)15;1-6(2,3,4)5/h8-11H,6-7H2,1-5H3;6-7,9-10H,8H2,1-5H3;5-8H,1-4H2,(H,14,15);1-3H3/t9?,10?,11-;10-;6?,7?,8-,10?;/m100./s1. The van der Waals surface area contributed by atoms with Gasteiger partial charge in [0, 0.05) is 39.2 Å². The van der Waals surface area contributed by atoms with Crippen molar-refractivity contribution < 1.29 is 46.9 Å². The molecule has 0 aromatic rings. The lowest BCUT2D eigenvalue weighted by Crippen LogP contribution is -2.48. The Hall–Kier alpha value is -1.45. The first-order valence-electron chi connectivity index (χ1n) is 20.1. The number of carboxylic acid groups (broad SMARTS) is 1. The van der Waals surface area contributed by atoms with Gasteiger partial charge < -0.3 is 42.8 Å². The Labute approximate surface area is 363 Å². The van der Waals surface area contributed by atoms with Crippen molar-refractivity contribution in [3.8, 4) is 0 Å². The first-order chi connectivity index (χ1) is 26.3. The maximum Gasteiger partial charge on any atom is 0.332 e. The van der Waals surface area contributed by atoms with Crippen LogP contribution in [0.5, 0.6) is 0 Å². The number of carbonyl (C=O) groups excluding carboxylic acids is 5. The number of amides is 2. The number of halogens is 1. The van der Waals surface area contributed by atoms with Crippen LogP contribution in [0.1, 0.15) is 73.6 Å². The lowest BCUT2D eigenvalue weighted by atomic mass is 9.88. The average molecular weight is 973 g/mol. The monoisotopic (exact) mass is 972 g/mol. The normalized spacial score (nSPS) is 30.4. The van der Waals surface area contributed by atoms with E-state index in [-0.39, 0.29) is 45.3 Å². The summed E-state index contributed by atoms with van der Waals surface area (Å²) in [7, 11) is 0.449. The Morgan fingerprint density at radius 2 is 1.43 bits per heavy atom. The molecule has 8 atom stereocenters. The molecule has 6 rings (SSSR count). The number of hydrogen-bond acceptors (Lipinski definition) is 10. The molecule has 3 heterocycles. The number of nitrogens with zero attached hydrogens (tertiary/aromatic N) is 3. The molecule has 6 aliphatic rings. The number of hydrogen-bond donors (Lipinski definition) is 1. The summed E-state index contributed by atoms with van der Waals surface area (Å²) in [6.45, 7) is 22.9. The molecule has 1 N–H and O–H groups in total. The van der Waals surface area contributed by atoms with Crippen LogP contribution >= 0.6 is 21.2 Å². The zero-order chi connectivity index (χ0) is 44.5. The first kappa shape index (κ1) is 50.9. The summed E-state index contributed by atoms with van der Waals surface area (Å²) in [5.41, 5.74) is 0.253. The summed E-state index contributed by atoms with van der Waals surface area (Å²) in [5.74, 6) is -0.00683. The van der Waals surface area contributed by atoms with Gasteiger partial charge in [0.2, 0.25) is 11.8 Å². The zero-order valence-electron chi connectivity index (χ0n) is 36.9. The van der Waals surface area contributed by atoms with Crippen molar-refractivity contribution >= 4 is 103 Å². The van der Waals surface area contributed by atoms with Crippen LogP contribution in [0, 0.1) is 23.2 Å². The van der Waals surface area contributed by atoms with Crippen LogP contribution in [0.15, 0.2) is 12.2 Å². The number of carbonyl (C=O) groups is 6. The fraction of sp³-hybridized carbons (Fsp3) is 0.789. The number of aliphatic carboxylic acids is 1. The maximum atomic E-state index is 12.0. The summed E-state index contributed by atoms with van der Waals surface area (Å²) in [5, 5.41) is 9.48. The molecule has 5 fully saturated rings. The zero-order valence-corrected chi connectivity index (χ0v) is 41.8. The third-order valence-corrected chi connectivity index (χ3v) is 22.1. The fourth-order valence-corrected chi connectivity index (χ4v) is 9.86. The molecule has 0 aromatic heterocycles. The fourth-order valence-electron chi connectivity index (χ4n) is 7.82. The molecule has 2 amide bonds.